The number of hydrogen-bond donors (Lipinski definition) is 2. The standard InChI is InChI=1S/C13H15NO3.C11H8F3NO4S/c1-17-12-6-5-9-3-2-4-10(13(9)14-12)7-11(16)8-15;1-18-9-6-5-7-3-2-4-8(10(7)15-9)19-20(16,17)11(12,13)14/h2-6,11,15-16H,7-8H2,1H3;2-6H,1H3. The van der Waals surface area contributed by atoms with Crippen molar-refractivity contribution in [3.8, 4) is 17.5 Å². The van der Waals surface area contributed by atoms with Gasteiger partial charge in [0.1, 0.15) is 5.52 Å². The fourth-order valence-electron chi connectivity index (χ4n) is 3.24. The molecule has 0 fully saturated rings. The number of rotatable bonds is 7. The zero-order chi connectivity index (χ0) is 27.2. The lowest BCUT2D eigenvalue weighted by molar-refractivity contribution is -0.0499. The Balaban J connectivity index is 0.000000208. The van der Waals surface area contributed by atoms with E-state index in [1.165, 1.54) is 25.3 Å². The van der Waals surface area contributed by atoms with Crippen LogP contribution in [0.15, 0.2) is 60.7 Å². The molecular formula is C24H23F3N2O7S. The molecule has 1 unspecified atom stereocenters. The maximum Gasteiger partial charge on any atom is 0.534 e. The fraction of sp³-hybridized carbons (Fsp3) is 0.250. The third-order valence-electron chi connectivity index (χ3n) is 5.00. The van der Waals surface area contributed by atoms with Gasteiger partial charge in [-0.3, -0.25) is 0 Å². The number of aromatic nitrogens is 2. The predicted molar refractivity (Wildman–Crippen MR) is 129 cm³/mol. The molecule has 0 aliphatic heterocycles. The highest BCUT2D eigenvalue weighted by atomic mass is 32.2. The van der Waals surface area contributed by atoms with E-state index in [0.717, 1.165) is 22.5 Å². The number of hydrogen-bond acceptors (Lipinski definition) is 9. The van der Waals surface area contributed by atoms with E-state index in [4.69, 9.17) is 14.6 Å². The van der Waals surface area contributed by atoms with Crippen LogP contribution in [0.1, 0.15) is 5.56 Å². The van der Waals surface area contributed by atoms with Crippen LogP contribution in [-0.2, 0) is 16.5 Å². The Morgan fingerprint density at radius 2 is 1.41 bits per heavy atom. The van der Waals surface area contributed by atoms with E-state index in [-0.39, 0.29) is 18.0 Å². The van der Waals surface area contributed by atoms with Crippen molar-refractivity contribution in [2.24, 2.45) is 0 Å². The summed E-state index contributed by atoms with van der Waals surface area (Å²) in [4.78, 5) is 8.25. The van der Waals surface area contributed by atoms with Crippen LogP contribution in [0.5, 0.6) is 17.5 Å². The molecule has 1 atom stereocenters. The van der Waals surface area contributed by atoms with Crippen LogP contribution in [0.3, 0.4) is 0 Å². The second kappa shape index (κ2) is 11.6. The van der Waals surface area contributed by atoms with Gasteiger partial charge in [-0.1, -0.05) is 30.3 Å². The maximum absolute atomic E-state index is 12.3. The van der Waals surface area contributed by atoms with E-state index >= 15 is 0 Å². The molecule has 37 heavy (non-hydrogen) atoms. The molecule has 0 saturated carbocycles. The zero-order valence-electron chi connectivity index (χ0n) is 19.6. The first-order chi connectivity index (χ1) is 17.5. The number of aliphatic hydroxyl groups excluding tert-OH is 2. The number of methoxy groups -OCH3 is 2. The molecule has 0 radical (unpaired) electrons. The summed E-state index contributed by atoms with van der Waals surface area (Å²) < 4.78 is 73.0. The molecule has 9 nitrogen and oxygen atoms in total. The Kier molecular flexibility index (Phi) is 8.73. The molecular weight excluding hydrogens is 517 g/mol. The first kappa shape index (κ1) is 27.9. The van der Waals surface area contributed by atoms with Gasteiger partial charge in [0.2, 0.25) is 11.8 Å². The van der Waals surface area contributed by atoms with Crippen molar-refractivity contribution < 1.29 is 45.5 Å². The van der Waals surface area contributed by atoms with Crippen molar-refractivity contribution in [3.05, 3.63) is 66.2 Å². The van der Waals surface area contributed by atoms with Crippen molar-refractivity contribution in [1.29, 1.82) is 0 Å². The van der Waals surface area contributed by atoms with Crippen molar-refractivity contribution in [2.75, 3.05) is 20.8 Å². The van der Waals surface area contributed by atoms with Crippen LogP contribution in [0, 0.1) is 0 Å². The van der Waals surface area contributed by atoms with Crippen molar-refractivity contribution in [3.63, 3.8) is 0 Å². The first-order valence-corrected chi connectivity index (χ1v) is 12.1. The van der Waals surface area contributed by atoms with E-state index in [9.17, 15) is 26.7 Å². The number of fused-ring (bicyclic) bond motifs is 2. The highest BCUT2D eigenvalue weighted by Crippen LogP contribution is 2.31. The van der Waals surface area contributed by atoms with Gasteiger partial charge in [-0.25, -0.2) is 9.97 Å². The van der Waals surface area contributed by atoms with Gasteiger partial charge in [-0.15, -0.1) is 0 Å². The summed E-state index contributed by atoms with van der Waals surface area (Å²) in [5, 5.41) is 19.8. The molecule has 0 aliphatic rings. The summed E-state index contributed by atoms with van der Waals surface area (Å²) in [6.07, 6.45) is -0.373. The number of para-hydroxylation sites is 2. The Morgan fingerprint density at radius 1 is 0.865 bits per heavy atom. The van der Waals surface area contributed by atoms with Gasteiger partial charge in [0.05, 0.1) is 32.4 Å². The minimum Gasteiger partial charge on any atom is -0.481 e. The van der Waals surface area contributed by atoms with Crippen LogP contribution < -0.4 is 13.7 Å². The second-order valence-electron chi connectivity index (χ2n) is 7.55. The SMILES string of the molecule is COc1ccc2cccc(CC(O)CO)c2n1.COc1ccc2cccc(OS(=O)(=O)C(F)(F)F)c2n1. The van der Waals surface area contributed by atoms with E-state index in [0.29, 0.717) is 17.7 Å². The zero-order valence-corrected chi connectivity index (χ0v) is 20.5. The van der Waals surface area contributed by atoms with Crippen molar-refractivity contribution >= 4 is 31.9 Å². The topological polar surface area (TPSA) is 128 Å². The lowest BCUT2D eigenvalue weighted by Gasteiger charge is -2.11. The van der Waals surface area contributed by atoms with E-state index in [2.05, 4.69) is 14.2 Å². The molecule has 198 valence electrons. The number of pyridine rings is 2. The molecule has 4 aromatic rings. The lowest BCUT2D eigenvalue weighted by atomic mass is 10.0. The molecule has 2 aromatic heterocycles. The number of halogens is 3. The Morgan fingerprint density at radius 3 is 1.95 bits per heavy atom. The number of nitrogens with zero attached hydrogens (tertiary/aromatic N) is 2. The molecule has 2 aromatic carbocycles. The average molecular weight is 541 g/mol. The Hall–Kier alpha value is -3.68. The van der Waals surface area contributed by atoms with Crippen LogP contribution in [0.4, 0.5) is 13.2 Å². The van der Waals surface area contributed by atoms with E-state index in [1.807, 2.05) is 24.3 Å². The van der Waals surface area contributed by atoms with Gasteiger partial charge in [-0.05, 0) is 23.8 Å². The number of benzene rings is 2. The molecule has 13 heteroatoms. The lowest BCUT2D eigenvalue weighted by Crippen LogP contribution is -2.28. The van der Waals surface area contributed by atoms with Crippen molar-refractivity contribution in [2.45, 2.75) is 18.0 Å². The van der Waals surface area contributed by atoms with Crippen LogP contribution in [0.2, 0.25) is 0 Å². The smallest absolute Gasteiger partial charge is 0.481 e. The largest absolute Gasteiger partial charge is 0.534 e. The quantitative estimate of drug-likeness (QED) is 0.267. The van der Waals surface area contributed by atoms with Gasteiger partial charge in [0.25, 0.3) is 0 Å². The summed E-state index contributed by atoms with van der Waals surface area (Å²) in [6.45, 7) is -0.250. The summed E-state index contributed by atoms with van der Waals surface area (Å²) in [5.74, 6) is 0.153. The number of aliphatic hydroxyl groups is 2. The molecule has 0 bridgehead atoms. The minimum atomic E-state index is -5.74. The second-order valence-corrected chi connectivity index (χ2v) is 9.09. The van der Waals surface area contributed by atoms with Gasteiger partial charge in [0.15, 0.2) is 5.75 Å². The Bertz CT molecular complexity index is 1480. The highest BCUT2D eigenvalue weighted by Gasteiger charge is 2.48. The number of ether oxygens (including phenoxy) is 2. The first-order valence-electron chi connectivity index (χ1n) is 10.6. The van der Waals surface area contributed by atoms with Gasteiger partial charge in [0, 0.05) is 29.3 Å². The summed E-state index contributed by atoms with van der Waals surface area (Å²) in [5.41, 5.74) is -3.84. The maximum atomic E-state index is 12.3. The monoisotopic (exact) mass is 540 g/mol. The third-order valence-corrected chi connectivity index (χ3v) is 5.97. The molecule has 2 heterocycles. The molecule has 0 aliphatic carbocycles. The molecule has 2 N–H and O–H groups in total. The Labute approximate surface area is 210 Å². The number of alkyl halides is 3. The van der Waals surface area contributed by atoms with Crippen molar-refractivity contribution in [1.82, 2.24) is 9.97 Å². The van der Waals surface area contributed by atoms with Crippen LogP contribution in [0.25, 0.3) is 21.8 Å². The van der Waals surface area contributed by atoms with E-state index < -0.39 is 27.5 Å². The van der Waals surface area contributed by atoms with Gasteiger partial charge >= 0.3 is 15.6 Å². The molecule has 0 spiro atoms. The predicted octanol–water partition coefficient (Wildman–Crippen LogP) is 3.61. The summed E-state index contributed by atoms with van der Waals surface area (Å²) in [6, 6.07) is 16.5. The van der Waals surface area contributed by atoms with Gasteiger partial charge < -0.3 is 23.9 Å². The molecule has 4 rings (SSSR count). The van der Waals surface area contributed by atoms with Crippen LogP contribution >= 0.6 is 0 Å². The molecule has 0 amide bonds. The third kappa shape index (κ3) is 6.76. The summed E-state index contributed by atoms with van der Waals surface area (Å²) in [7, 11) is -2.85. The van der Waals surface area contributed by atoms with Crippen LogP contribution in [-0.4, -0.2) is 61.0 Å². The fourth-order valence-corrected chi connectivity index (χ4v) is 3.70. The normalized spacial score (nSPS) is 12.5. The van der Waals surface area contributed by atoms with E-state index in [1.54, 1.807) is 19.2 Å². The highest BCUT2D eigenvalue weighted by molar-refractivity contribution is 7.88. The summed E-state index contributed by atoms with van der Waals surface area (Å²) >= 11 is 0. The minimum absolute atomic E-state index is 0.0420. The van der Waals surface area contributed by atoms with Gasteiger partial charge in [-0.2, -0.15) is 21.6 Å². The molecule has 0 saturated heterocycles. The average Bonchev–Trinajstić information content (AvgIpc) is 2.88.